The smallest absolute Gasteiger partial charge is 0.253 e. The molecule has 2 aromatic carbocycles. The number of hydrogen-bond donors (Lipinski definition) is 0. The van der Waals surface area contributed by atoms with Gasteiger partial charge in [-0.1, -0.05) is 43.3 Å². The lowest BCUT2D eigenvalue weighted by Gasteiger charge is -2.18. The third-order valence-corrected chi connectivity index (χ3v) is 3.85. The van der Waals surface area contributed by atoms with E-state index in [0.29, 0.717) is 0 Å². The summed E-state index contributed by atoms with van der Waals surface area (Å²) in [5.41, 5.74) is 4.45. The van der Waals surface area contributed by atoms with Gasteiger partial charge in [0.15, 0.2) is 0 Å². The number of nitrogens with zero attached hydrogens (tertiary/aromatic N) is 1. The number of benzene rings is 2. The van der Waals surface area contributed by atoms with E-state index in [-0.39, 0.29) is 5.91 Å². The number of amides is 1. The van der Waals surface area contributed by atoms with Gasteiger partial charge >= 0.3 is 0 Å². The van der Waals surface area contributed by atoms with Gasteiger partial charge in [-0.15, -0.1) is 0 Å². The van der Waals surface area contributed by atoms with Gasteiger partial charge in [-0.25, -0.2) is 0 Å². The maximum Gasteiger partial charge on any atom is 0.253 e. The summed E-state index contributed by atoms with van der Waals surface area (Å²) in [4.78, 5) is 14.1. The van der Waals surface area contributed by atoms with Crippen molar-refractivity contribution in [2.75, 3.05) is 13.1 Å². The molecule has 0 N–H and O–H groups in total. The van der Waals surface area contributed by atoms with Crippen LogP contribution in [0.4, 0.5) is 0 Å². The topological polar surface area (TPSA) is 20.3 Å². The van der Waals surface area contributed by atoms with Crippen LogP contribution >= 0.6 is 0 Å². The minimum absolute atomic E-state index is 0.105. The molecule has 0 heterocycles. The Bertz CT molecular complexity index is 597. The molecule has 0 aliphatic carbocycles. The van der Waals surface area contributed by atoms with Crippen molar-refractivity contribution < 1.29 is 4.79 Å². The molecule has 0 radical (unpaired) electrons. The molecule has 1 amide bonds. The average molecular weight is 281 g/mol. The lowest BCUT2D eigenvalue weighted by molar-refractivity contribution is 0.0773. The number of carbonyl (C=O) groups excluding carboxylic acids is 1. The second kappa shape index (κ2) is 7.07. The Balaban J connectivity index is 2.24. The van der Waals surface area contributed by atoms with Crippen LogP contribution in [0.2, 0.25) is 0 Å². The second-order valence-corrected chi connectivity index (χ2v) is 5.11. The van der Waals surface area contributed by atoms with E-state index in [1.54, 1.807) is 0 Å². The van der Waals surface area contributed by atoms with Crippen LogP contribution in [-0.2, 0) is 6.42 Å². The molecule has 21 heavy (non-hydrogen) atoms. The van der Waals surface area contributed by atoms with E-state index in [4.69, 9.17) is 0 Å². The van der Waals surface area contributed by atoms with Gasteiger partial charge < -0.3 is 4.90 Å². The van der Waals surface area contributed by atoms with Crippen LogP contribution in [-0.4, -0.2) is 23.9 Å². The minimum Gasteiger partial charge on any atom is -0.339 e. The molecular weight excluding hydrogens is 258 g/mol. The van der Waals surface area contributed by atoms with Gasteiger partial charge in [0.25, 0.3) is 5.91 Å². The lowest BCUT2D eigenvalue weighted by Crippen LogP contribution is -2.30. The van der Waals surface area contributed by atoms with Crippen molar-refractivity contribution in [1.82, 2.24) is 4.90 Å². The van der Waals surface area contributed by atoms with E-state index in [2.05, 4.69) is 31.2 Å². The Labute approximate surface area is 127 Å². The van der Waals surface area contributed by atoms with Crippen molar-refractivity contribution in [3.05, 3.63) is 59.7 Å². The summed E-state index contributed by atoms with van der Waals surface area (Å²) in [5.74, 6) is 0.105. The van der Waals surface area contributed by atoms with E-state index in [1.807, 2.05) is 43.0 Å². The van der Waals surface area contributed by atoms with E-state index >= 15 is 0 Å². The predicted molar refractivity (Wildman–Crippen MR) is 88.5 cm³/mol. The van der Waals surface area contributed by atoms with Gasteiger partial charge in [-0.2, -0.15) is 0 Å². The number of carbonyl (C=O) groups is 1. The Morgan fingerprint density at radius 3 is 2.14 bits per heavy atom. The van der Waals surface area contributed by atoms with Crippen LogP contribution in [0.15, 0.2) is 48.5 Å². The van der Waals surface area contributed by atoms with Crippen LogP contribution in [0, 0.1) is 0 Å². The number of rotatable bonds is 5. The molecule has 2 nitrogen and oxygen atoms in total. The highest BCUT2D eigenvalue weighted by atomic mass is 16.2. The molecule has 0 aliphatic rings. The van der Waals surface area contributed by atoms with Crippen molar-refractivity contribution >= 4 is 5.91 Å². The molecule has 0 aliphatic heterocycles. The Morgan fingerprint density at radius 1 is 0.905 bits per heavy atom. The van der Waals surface area contributed by atoms with Crippen molar-refractivity contribution in [2.24, 2.45) is 0 Å². The largest absolute Gasteiger partial charge is 0.339 e. The van der Waals surface area contributed by atoms with Crippen LogP contribution in [0.3, 0.4) is 0 Å². The Morgan fingerprint density at radius 2 is 1.57 bits per heavy atom. The molecule has 0 aromatic heterocycles. The van der Waals surface area contributed by atoms with Gasteiger partial charge in [0.1, 0.15) is 0 Å². The summed E-state index contributed by atoms with van der Waals surface area (Å²) < 4.78 is 0. The molecule has 110 valence electrons. The van der Waals surface area contributed by atoms with E-state index in [9.17, 15) is 4.79 Å². The SMILES string of the molecule is CCc1cccc(-c2ccc(C(=O)N(CC)CC)cc2)c1. The summed E-state index contributed by atoms with van der Waals surface area (Å²) in [6.07, 6.45) is 1.03. The summed E-state index contributed by atoms with van der Waals surface area (Å²) in [5, 5.41) is 0. The maximum atomic E-state index is 12.3. The van der Waals surface area contributed by atoms with Crippen molar-refractivity contribution in [3.8, 4) is 11.1 Å². The second-order valence-electron chi connectivity index (χ2n) is 5.11. The van der Waals surface area contributed by atoms with Gasteiger partial charge in [0, 0.05) is 18.7 Å². The maximum absolute atomic E-state index is 12.3. The molecule has 0 unspecified atom stereocenters. The van der Waals surface area contributed by atoms with Crippen LogP contribution < -0.4 is 0 Å². The highest BCUT2D eigenvalue weighted by Gasteiger charge is 2.12. The van der Waals surface area contributed by atoms with Crippen LogP contribution in [0.25, 0.3) is 11.1 Å². The molecule has 0 saturated heterocycles. The molecule has 2 rings (SSSR count). The van der Waals surface area contributed by atoms with Crippen LogP contribution in [0.5, 0.6) is 0 Å². The molecule has 0 fully saturated rings. The van der Waals surface area contributed by atoms with Gasteiger partial charge in [0.05, 0.1) is 0 Å². The van der Waals surface area contributed by atoms with Gasteiger partial charge in [-0.3, -0.25) is 4.79 Å². The highest BCUT2D eigenvalue weighted by Crippen LogP contribution is 2.21. The van der Waals surface area contributed by atoms with E-state index in [1.165, 1.54) is 11.1 Å². The van der Waals surface area contributed by atoms with Gasteiger partial charge in [0.2, 0.25) is 0 Å². The fourth-order valence-electron chi connectivity index (χ4n) is 2.47. The third-order valence-electron chi connectivity index (χ3n) is 3.85. The van der Waals surface area contributed by atoms with E-state index in [0.717, 1.165) is 30.6 Å². The Kier molecular flexibility index (Phi) is 5.15. The first kappa shape index (κ1) is 15.3. The summed E-state index contributed by atoms with van der Waals surface area (Å²) in [6.45, 7) is 7.66. The zero-order valence-corrected chi connectivity index (χ0v) is 13.1. The summed E-state index contributed by atoms with van der Waals surface area (Å²) >= 11 is 0. The summed E-state index contributed by atoms with van der Waals surface area (Å²) in [7, 11) is 0. The average Bonchev–Trinajstić information content (AvgIpc) is 2.56. The van der Waals surface area contributed by atoms with Crippen molar-refractivity contribution in [3.63, 3.8) is 0 Å². The lowest BCUT2D eigenvalue weighted by atomic mass is 10.0. The predicted octanol–water partition coefficient (Wildman–Crippen LogP) is 4.40. The van der Waals surface area contributed by atoms with E-state index < -0.39 is 0 Å². The number of aryl methyl sites for hydroxylation is 1. The molecule has 2 aromatic rings. The first-order valence-electron chi connectivity index (χ1n) is 7.68. The number of hydrogen-bond acceptors (Lipinski definition) is 1. The van der Waals surface area contributed by atoms with Crippen molar-refractivity contribution in [2.45, 2.75) is 27.2 Å². The quantitative estimate of drug-likeness (QED) is 0.795. The monoisotopic (exact) mass is 281 g/mol. The zero-order chi connectivity index (χ0) is 15.2. The van der Waals surface area contributed by atoms with Gasteiger partial charge in [-0.05, 0) is 49.1 Å². The zero-order valence-electron chi connectivity index (χ0n) is 13.1. The third kappa shape index (κ3) is 3.52. The molecule has 0 bridgehead atoms. The standard InChI is InChI=1S/C19H23NO/c1-4-15-8-7-9-18(14-15)16-10-12-17(13-11-16)19(21)20(5-2)6-3/h7-14H,4-6H2,1-3H3. The van der Waals surface area contributed by atoms with Crippen molar-refractivity contribution in [1.29, 1.82) is 0 Å². The fourth-order valence-corrected chi connectivity index (χ4v) is 2.47. The van der Waals surface area contributed by atoms with Crippen LogP contribution in [0.1, 0.15) is 36.7 Å². The first-order chi connectivity index (χ1) is 10.2. The molecule has 0 saturated carbocycles. The molecular formula is C19H23NO. The molecule has 2 heteroatoms. The fraction of sp³-hybridized carbons (Fsp3) is 0.316. The highest BCUT2D eigenvalue weighted by molar-refractivity contribution is 5.94. The summed E-state index contributed by atoms with van der Waals surface area (Å²) in [6, 6.07) is 16.5. The molecule has 0 spiro atoms. The minimum atomic E-state index is 0.105. The first-order valence-corrected chi connectivity index (χ1v) is 7.68. The normalized spacial score (nSPS) is 10.4. The molecule has 0 atom stereocenters. The Hall–Kier alpha value is -2.09.